The minimum atomic E-state index is -2.85. The summed E-state index contributed by atoms with van der Waals surface area (Å²) in [5.41, 5.74) is 0.452. The van der Waals surface area contributed by atoms with Crippen molar-refractivity contribution in [3.8, 4) is 11.6 Å². The molecule has 0 spiro atoms. The predicted octanol–water partition coefficient (Wildman–Crippen LogP) is 2.20. The normalized spacial score (nSPS) is 19.3. The number of benzene rings is 1. The molecule has 3 rings (SSSR count). The van der Waals surface area contributed by atoms with E-state index in [0.717, 1.165) is 0 Å². The van der Waals surface area contributed by atoms with Crippen molar-refractivity contribution in [2.24, 2.45) is 0 Å². The number of halogens is 2. The number of carbonyl (C=O) groups excluding carboxylic acids is 1. The second kappa shape index (κ2) is 6.25. The van der Waals surface area contributed by atoms with Gasteiger partial charge in [0.05, 0.1) is 18.8 Å². The standard InChI is InChI=1S/C15H14F2N4O2/c16-15(17)7-12(20-9-15)14(22)21-10-2-1-3-11(6-10)23-13-8-18-4-5-19-13/h1-6,8,12,20H,7,9H2,(H,21,22). The summed E-state index contributed by atoms with van der Waals surface area (Å²) in [6, 6.07) is 5.69. The number of hydrogen-bond donors (Lipinski definition) is 2. The topological polar surface area (TPSA) is 76.1 Å². The minimum absolute atomic E-state index is 0.313. The number of amides is 1. The molecule has 1 aliphatic rings. The Balaban J connectivity index is 1.65. The summed E-state index contributed by atoms with van der Waals surface area (Å²) in [5.74, 6) is -2.58. The van der Waals surface area contributed by atoms with Crippen LogP contribution in [0.2, 0.25) is 0 Å². The van der Waals surface area contributed by atoms with Crippen LogP contribution in [0.4, 0.5) is 14.5 Å². The van der Waals surface area contributed by atoms with Crippen molar-refractivity contribution in [2.45, 2.75) is 18.4 Å². The molecule has 1 amide bonds. The molecule has 0 aliphatic carbocycles. The van der Waals surface area contributed by atoms with Crippen LogP contribution < -0.4 is 15.4 Å². The van der Waals surface area contributed by atoms with Crippen LogP contribution in [0.25, 0.3) is 0 Å². The van der Waals surface area contributed by atoms with Crippen molar-refractivity contribution in [3.63, 3.8) is 0 Å². The lowest BCUT2D eigenvalue weighted by Crippen LogP contribution is -2.35. The van der Waals surface area contributed by atoms with Crippen LogP contribution in [0.1, 0.15) is 6.42 Å². The third-order valence-corrected chi connectivity index (χ3v) is 3.29. The first-order chi connectivity index (χ1) is 11.0. The fraction of sp³-hybridized carbons (Fsp3) is 0.267. The largest absolute Gasteiger partial charge is 0.437 e. The number of nitrogens with one attached hydrogen (secondary N) is 2. The number of rotatable bonds is 4. The van der Waals surface area contributed by atoms with Gasteiger partial charge in [-0.25, -0.2) is 13.8 Å². The van der Waals surface area contributed by atoms with Gasteiger partial charge in [0.1, 0.15) is 5.75 Å². The van der Waals surface area contributed by atoms with Crippen molar-refractivity contribution in [1.29, 1.82) is 0 Å². The monoisotopic (exact) mass is 320 g/mol. The Labute approximate surface area is 130 Å². The Kier molecular flexibility index (Phi) is 4.16. The Bertz CT molecular complexity index is 697. The molecule has 0 radical (unpaired) electrons. The first kappa shape index (κ1) is 15.3. The molecular formula is C15H14F2N4O2. The molecule has 2 N–H and O–H groups in total. The van der Waals surface area contributed by atoms with E-state index in [1.54, 1.807) is 24.3 Å². The van der Waals surface area contributed by atoms with Gasteiger partial charge in [0.25, 0.3) is 5.92 Å². The van der Waals surface area contributed by atoms with Crippen molar-refractivity contribution >= 4 is 11.6 Å². The Morgan fingerprint density at radius 2 is 2.26 bits per heavy atom. The zero-order valence-electron chi connectivity index (χ0n) is 12.0. The number of carbonyl (C=O) groups is 1. The first-order valence-corrected chi connectivity index (χ1v) is 6.98. The van der Waals surface area contributed by atoms with Crippen LogP contribution >= 0.6 is 0 Å². The number of ether oxygens (including phenoxy) is 1. The number of hydrogen-bond acceptors (Lipinski definition) is 5. The van der Waals surface area contributed by atoms with Gasteiger partial charge in [-0.2, -0.15) is 0 Å². The fourth-order valence-electron chi connectivity index (χ4n) is 2.23. The minimum Gasteiger partial charge on any atom is -0.437 e. The van der Waals surface area contributed by atoms with E-state index in [2.05, 4.69) is 20.6 Å². The lowest BCUT2D eigenvalue weighted by atomic mass is 10.2. The smallest absolute Gasteiger partial charge is 0.262 e. The maximum atomic E-state index is 13.1. The molecule has 1 saturated heterocycles. The Hall–Kier alpha value is -2.61. The Morgan fingerprint density at radius 3 is 2.96 bits per heavy atom. The number of aromatic nitrogens is 2. The van der Waals surface area contributed by atoms with Gasteiger partial charge in [-0.05, 0) is 12.1 Å². The summed E-state index contributed by atoms with van der Waals surface area (Å²) in [5, 5.41) is 5.11. The molecular weight excluding hydrogens is 306 g/mol. The molecule has 2 aromatic rings. The molecule has 1 fully saturated rings. The van der Waals surface area contributed by atoms with E-state index in [1.165, 1.54) is 18.6 Å². The highest BCUT2D eigenvalue weighted by Gasteiger charge is 2.42. The van der Waals surface area contributed by atoms with Gasteiger partial charge >= 0.3 is 0 Å². The molecule has 1 aliphatic heterocycles. The molecule has 2 heterocycles. The molecule has 0 bridgehead atoms. The van der Waals surface area contributed by atoms with Gasteiger partial charge in [-0.1, -0.05) is 6.07 Å². The molecule has 1 aromatic heterocycles. The van der Waals surface area contributed by atoms with Crippen LogP contribution in [-0.2, 0) is 4.79 Å². The maximum absolute atomic E-state index is 13.1. The van der Waals surface area contributed by atoms with E-state index in [1.807, 2.05) is 0 Å². The van der Waals surface area contributed by atoms with Crippen LogP contribution in [0.5, 0.6) is 11.6 Å². The summed E-state index contributed by atoms with van der Waals surface area (Å²) in [6.07, 6.45) is 3.96. The third kappa shape index (κ3) is 3.98. The van der Waals surface area contributed by atoms with Crippen LogP contribution in [0.3, 0.4) is 0 Å². The van der Waals surface area contributed by atoms with Crippen LogP contribution in [0.15, 0.2) is 42.9 Å². The van der Waals surface area contributed by atoms with E-state index in [4.69, 9.17) is 4.74 Å². The summed E-state index contributed by atoms with van der Waals surface area (Å²) in [4.78, 5) is 19.9. The zero-order chi connectivity index (χ0) is 16.3. The second-order valence-corrected chi connectivity index (χ2v) is 5.16. The van der Waals surface area contributed by atoms with Gasteiger partial charge in [0.2, 0.25) is 11.8 Å². The summed E-state index contributed by atoms with van der Waals surface area (Å²) in [6.45, 7) is -0.485. The maximum Gasteiger partial charge on any atom is 0.262 e. The SMILES string of the molecule is O=C(Nc1cccc(Oc2cnccn2)c1)C1CC(F)(F)CN1. The number of alkyl halides is 2. The summed E-state index contributed by atoms with van der Waals surface area (Å²) >= 11 is 0. The molecule has 8 heteroatoms. The Morgan fingerprint density at radius 1 is 1.39 bits per heavy atom. The van der Waals surface area contributed by atoms with E-state index in [-0.39, 0.29) is 0 Å². The number of anilines is 1. The van der Waals surface area contributed by atoms with Gasteiger partial charge in [-0.3, -0.25) is 15.1 Å². The van der Waals surface area contributed by atoms with Crippen molar-refractivity contribution < 1.29 is 18.3 Å². The van der Waals surface area contributed by atoms with E-state index in [9.17, 15) is 13.6 Å². The van der Waals surface area contributed by atoms with Gasteiger partial charge in [0.15, 0.2) is 0 Å². The van der Waals surface area contributed by atoms with E-state index < -0.39 is 30.8 Å². The quantitative estimate of drug-likeness (QED) is 0.903. The van der Waals surface area contributed by atoms with Crippen molar-refractivity contribution in [1.82, 2.24) is 15.3 Å². The lowest BCUT2D eigenvalue weighted by Gasteiger charge is -2.12. The van der Waals surface area contributed by atoms with Gasteiger partial charge in [0, 0.05) is 30.6 Å². The predicted molar refractivity (Wildman–Crippen MR) is 78.5 cm³/mol. The van der Waals surface area contributed by atoms with Gasteiger partial charge in [-0.15, -0.1) is 0 Å². The van der Waals surface area contributed by atoms with E-state index in [0.29, 0.717) is 17.3 Å². The molecule has 1 atom stereocenters. The molecule has 23 heavy (non-hydrogen) atoms. The fourth-order valence-corrected chi connectivity index (χ4v) is 2.23. The molecule has 6 nitrogen and oxygen atoms in total. The highest BCUT2D eigenvalue weighted by Crippen LogP contribution is 2.26. The highest BCUT2D eigenvalue weighted by molar-refractivity contribution is 5.95. The van der Waals surface area contributed by atoms with Crippen molar-refractivity contribution in [3.05, 3.63) is 42.9 Å². The average molecular weight is 320 g/mol. The molecule has 120 valence electrons. The first-order valence-electron chi connectivity index (χ1n) is 6.98. The van der Waals surface area contributed by atoms with Crippen molar-refractivity contribution in [2.75, 3.05) is 11.9 Å². The van der Waals surface area contributed by atoms with E-state index >= 15 is 0 Å². The average Bonchev–Trinajstić information content (AvgIpc) is 2.89. The molecule has 1 aromatic carbocycles. The number of nitrogens with zero attached hydrogens (tertiary/aromatic N) is 2. The zero-order valence-corrected chi connectivity index (χ0v) is 12.0. The summed E-state index contributed by atoms with van der Waals surface area (Å²) < 4.78 is 31.7. The lowest BCUT2D eigenvalue weighted by molar-refractivity contribution is -0.118. The molecule has 1 unspecified atom stereocenters. The molecule has 0 saturated carbocycles. The highest BCUT2D eigenvalue weighted by atomic mass is 19.3. The van der Waals surface area contributed by atoms with Crippen LogP contribution in [0, 0.1) is 0 Å². The third-order valence-electron chi connectivity index (χ3n) is 3.29. The van der Waals surface area contributed by atoms with Gasteiger partial charge < -0.3 is 10.1 Å². The second-order valence-electron chi connectivity index (χ2n) is 5.16. The van der Waals surface area contributed by atoms with Crippen LogP contribution in [-0.4, -0.2) is 34.4 Å². The summed E-state index contributed by atoms with van der Waals surface area (Å²) in [7, 11) is 0.